The summed E-state index contributed by atoms with van der Waals surface area (Å²) in [5.74, 6) is -1.96. The molecule has 0 aromatic heterocycles. The summed E-state index contributed by atoms with van der Waals surface area (Å²) in [6, 6.07) is 7.42. The summed E-state index contributed by atoms with van der Waals surface area (Å²) < 4.78 is 0. The Hall–Kier alpha value is -1.22. The molecular weight excluding hydrogens is 312 g/mol. The highest BCUT2D eigenvalue weighted by atomic mass is 33.1. The number of carboxylic acid groups (broad SMARTS) is 2. The summed E-state index contributed by atoms with van der Waals surface area (Å²) in [6.07, 6.45) is 0.494. The number of carboxylic acids is 2. The van der Waals surface area contributed by atoms with E-state index in [1.165, 1.54) is 21.6 Å². The van der Waals surface area contributed by atoms with Crippen molar-refractivity contribution in [1.82, 2.24) is 0 Å². The van der Waals surface area contributed by atoms with E-state index in [-0.39, 0.29) is 11.0 Å². The van der Waals surface area contributed by atoms with E-state index in [9.17, 15) is 9.59 Å². The molecule has 0 aliphatic rings. The molecule has 0 aliphatic heterocycles. The van der Waals surface area contributed by atoms with Crippen LogP contribution in [0.1, 0.15) is 5.56 Å². The molecule has 21 heavy (non-hydrogen) atoms. The summed E-state index contributed by atoms with van der Waals surface area (Å²) in [4.78, 5) is 21.7. The molecule has 0 amide bonds. The Morgan fingerprint density at radius 2 is 1.71 bits per heavy atom. The number of benzene rings is 1. The number of hydrogen-bond acceptors (Lipinski definition) is 6. The molecule has 8 heteroatoms. The van der Waals surface area contributed by atoms with Crippen LogP contribution in [0, 0.1) is 0 Å². The van der Waals surface area contributed by atoms with Gasteiger partial charge in [0.25, 0.3) is 0 Å². The van der Waals surface area contributed by atoms with Gasteiger partial charge in [-0.15, -0.1) is 0 Å². The van der Waals surface area contributed by atoms with Crippen LogP contribution in [-0.2, 0) is 16.0 Å². The van der Waals surface area contributed by atoms with Gasteiger partial charge in [0.1, 0.15) is 12.1 Å². The Kier molecular flexibility index (Phi) is 7.58. The maximum Gasteiger partial charge on any atom is 0.321 e. The Balaban J connectivity index is 2.61. The van der Waals surface area contributed by atoms with Gasteiger partial charge in [-0.25, -0.2) is 0 Å². The first-order valence-electron chi connectivity index (χ1n) is 6.20. The standard InChI is InChI=1S/C13H18N2O4S2/c14-9(12(16)17)7-20-21-10(11(15)13(18)19)6-8-4-2-1-3-5-8/h1-5,9-11H,6-7,14-15H2,(H,16,17)(H,18,19)/t9-,10?,11-/m0/s1. The Bertz CT molecular complexity index is 472. The van der Waals surface area contributed by atoms with Gasteiger partial charge < -0.3 is 21.7 Å². The molecule has 0 fully saturated rings. The van der Waals surface area contributed by atoms with Crippen LogP contribution in [0.5, 0.6) is 0 Å². The van der Waals surface area contributed by atoms with Gasteiger partial charge in [-0.2, -0.15) is 0 Å². The van der Waals surface area contributed by atoms with E-state index >= 15 is 0 Å². The van der Waals surface area contributed by atoms with Crippen LogP contribution in [0.2, 0.25) is 0 Å². The van der Waals surface area contributed by atoms with E-state index in [4.69, 9.17) is 21.7 Å². The van der Waals surface area contributed by atoms with Crippen LogP contribution in [0.4, 0.5) is 0 Å². The molecule has 1 aromatic rings. The van der Waals surface area contributed by atoms with Crippen LogP contribution in [0.15, 0.2) is 30.3 Å². The predicted molar refractivity (Wildman–Crippen MR) is 85.2 cm³/mol. The van der Waals surface area contributed by atoms with Gasteiger partial charge >= 0.3 is 11.9 Å². The van der Waals surface area contributed by atoms with Gasteiger partial charge in [-0.3, -0.25) is 9.59 Å². The van der Waals surface area contributed by atoms with E-state index < -0.39 is 24.0 Å². The number of hydrogen-bond donors (Lipinski definition) is 4. The summed E-state index contributed by atoms with van der Waals surface area (Å²) >= 11 is 0. The molecule has 6 N–H and O–H groups in total. The lowest BCUT2D eigenvalue weighted by atomic mass is 10.1. The van der Waals surface area contributed by atoms with Crippen molar-refractivity contribution >= 4 is 33.5 Å². The summed E-state index contributed by atoms with van der Waals surface area (Å²) in [6.45, 7) is 0. The Labute approximate surface area is 130 Å². The fraction of sp³-hybridized carbons (Fsp3) is 0.385. The summed E-state index contributed by atoms with van der Waals surface area (Å²) in [5, 5.41) is 17.4. The maximum atomic E-state index is 11.1. The van der Waals surface area contributed by atoms with E-state index in [0.29, 0.717) is 6.42 Å². The zero-order valence-electron chi connectivity index (χ0n) is 11.2. The van der Waals surface area contributed by atoms with Gasteiger partial charge in [0, 0.05) is 11.0 Å². The number of nitrogens with two attached hydrogens (primary N) is 2. The third kappa shape index (κ3) is 6.38. The molecule has 0 aliphatic carbocycles. The quantitative estimate of drug-likeness (QED) is 0.490. The average molecular weight is 330 g/mol. The van der Waals surface area contributed by atoms with E-state index in [1.807, 2.05) is 30.3 Å². The first-order chi connectivity index (χ1) is 9.91. The molecule has 0 heterocycles. The molecule has 3 atom stereocenters. The fourth-order valence-electron chi connectivity index (χ4n) is 1.50. The minimum absolute atomic E-state index is 0.192. The minimum atomic E-state index is -1.08. The van der Waals surface area contributed by atoms with Crippen molar-refractivity contribution in [2.24, 2.45) is 11.5 Å². The highest BCUT2D eigenvalue weighted by molar-refractivity contribution is 8.77. The molecule has 0 saturated heterocycles. The summed E-state index contributed by atoms with van der Waals surface area (Å²) in [5.41, 5.74) is 12.1. The maximum absolute atomic E-state index is 11.1. The second-order valence-electron chi connectivity index (χ2n) is 4.42. The molecule has 116 valence electrons. The SMILES string of the molecule is N[C@H](C(=O)O)C(Cc1ccccc1)SSC[C@H](N)C(=O)O. The number of aliphatic carboxylic acids is 2. The van der Waals surface area contributed by atoms with Crippen LogP contribution < -0.4 is 11.5 Å². The molecule has 0 bridgehead atoms. The average Bonchev–Trinajstić information content (AvgIpc) is 2.46. The van der Waals surface area contributed by atoms with Crippen LogP contribution >= 0.6 is 21.6 Å². The van der Waals surface area contributed by atoms with Gasteiger partial charge in [0.15, 0.2) is 0 Å². The monoisotopic (exact) mass is 330 g/mol. The van der Waals surface area contributed by atoms with Gasteiger partial charge in [0.05, 0.1) is 0 Å². The van der Waals surface area contributed by atoms with Crippen LogP contribution in [0.3, 0.4) is 0 Å². The van der Waals surface area contributed by atoms with Gasteiger partial charge in [-0.05, 0) is 12.0 Å². The zero-order chi connectivity index (χ0) is 15.8. The second kappa shape index (κ2) is 8.93. The first-order valence-corrected chi connectivity index (χ1v) is 8.59. The minimum Gasteiger partial charge on any atom is -0.480 e. The predicted octanol–water partition coefficient (Wildman–Crippen LogP) is 0.803. The lowest BCUT2D eigenvalue weighted by molar-refractivity contribution is -0.139. The van der Waals surface area contributed by atoms with Crippen LogP contribution in [0.25, 0.3) is 0 Å². The molecule has 0 saturated carbocycles. The topological polar surface area (TPSA) is 127 Å². The number of carbonyl (C=O) groups is 2. The lowest BCUT2D eigenvalue weighted by Gasteiger charge is -2.20. The van der Waals surface area contributed by atoms with Gasteiger partial charge in [-0.1, -0.05) is 51.9 Å². The Morgan fingerprint density at radius 3 is 2.24 bits per heavy atom. The Morgan fingerprint density at radius 1 is 1.10 bits per heavy atom. The third-order valence-corrected chi connectivity index (χ3v) is 5.62. The molecule has 1 aromatic carbocycles. The van der Waals surface area contributed by atoms with Crippen molar-refractivity contribution in [3.63, 3.8) is 0 Å². The van der Waals surface area contributed by atoms with E-state index in [0.717, 1.165) is 5.56 Å². The van der Waals surface area contributed by atoms with E-state index in [2.05, 4.69) is 0 Å². The van der Waals surface area contributed by atoms with Crippen molar-refractivity contribution < 1.29 is 19.8 Å². The van der Waals surface area contributed by atoms with Crippen molar-refractivity contribution in [2.45, 2.75) is 23.8 Å². The fourth-order valence-corrected chi connectivity index (χ4v) is 4.30. The van der Waals surface area contributed by atoms with Crippen molar-refractivity contribution in [2.75, 3.05) is 5.75 Å². The smallest absolute Gasteiger partial charge is 0.321 e. The van der Waals surface area contributed by atoms with Crippen LogP contribution in [-0.4, -0.2) is 45.2 Å². The molecule has 1 rings (SSSR count). The molecule has 1 unspecified atom stereocenters. The van der Waals surface area contributed by atoms with Crippen molar-refractivity contribution in [1.29, 1.82) is 0 Å². The molecular formula is C13H18N2O4S2. The zero-order valence-corrected chi connectivity index (χ0v) is 12.8. The van der Waals surface area contributed by atoms with Crippen molar-refractivity contribution in [3.8, 4) is 0 Å². The number of rotatable bonds is 9. The second-order valence-corrected chi connectivity index (χ2v) is 7.07. The van der Waals surface area contributed by atoms with Gasteiger partial charge in [0.2, 0.25) is 0 Å². The largest absolute Gasteiger partial charge is 0.480 e. The third-order valence-electron chi connectivity index (χ3n) is 2.72. The summed E-state index contributed by atoms with van der Waals surface area (Å²) in [7, 11) is 2.50. The molecule has 6 nitrogen and oxygen atoms in total. The first kappa shape index (κ1) is 17.8. The molecule has 0 radical (unpaired) electrons. The highest BCUT2D eigenvalue weighted by Crippen LogP contribution is 2.31. The molecule has 0 spiro atoms. The lowest BCUT2D eigenvalue weighted by Crippen LogP contribution is -2.41. The highest BCUT2D eigenvalue weighted by Gasteiger charge is 2.26. The van der Waals surface area contributed by atoms with Crippen molar-refractivity contribution in [3.05, 3.63) is 35.9 Å². The van der Waals surface area contributed by atoms with E-state index in [1.54, 1.807) is 0 Å². The normalized spacial score (nSPS) is 15.1.